The second-order valence-corrected chi connectivity index (χ2v) is 11.4. The van der Waals surface area contributed by atoms with Crippen molar-refractivity contribution in [3.05, 3.63) is 57.3 Å². The van der Waals surface area contributed by atoms with E-state index < -0.39 is 27.5 Å². The van der Waals surface area contributed by atoms with E-state index >= 15 is 0 Å². The number of rotatable bonds is 6. The number of nitrogens with zero attached hydrogens (tertiary/aromatic N) is 1. The molecule has 1 saturated heterocycles. The van der Waals surface area contributed by atoms with Gasteiger partial charge in [-0.15, -0.1) is 11.3 Å². The molecule has 0 unspecified atom stereocenters. The molecule has 3 aromatic rings. The molecule has 3 heterocycles. The minimum absolute atomic E-state index is 0.0847. The monoisotopic (exact) mass is 475 g/mol. The molecule has 1 aliphatic heterocycles. The van der Waals surface area contributed by atoms with Gasteiger partial charge in [-0.05, 0) is 56.0 Å². The van der Waals surface area contributed by atoms with Crippen LogP contribution in [-0.4, -0.2) is 31.8 Å². The van der Waals surface area contributed by atoms with Crippen LogP contribution in [-0.2, 0) is 21.2 Å². The van der Waals surface area contributed by atoms with Gasteiger partial charge in [-0.3, -0.25) is 4.79 Å². The van der Waals surface area contributed by atoms with E-state index in [9.17, 15) is 18.0 Å². The molecule has 0 bridgehead atoms. The molecule has 1 aromatic carbocycles. The second-order valence-electron chi connectivity index (χ2n) is 7.99. The normalized spacial score (nSPS) is 17.5. The van der Waals surface area contributed by atoms with Gasteiger partial charge in [-0.1, -0.05) is 13.3 Å². The van der Waals surface area contributed by atoms with E-state index in [4.69, 9.17) is 9.15 Å². The van der Waals surface area contributed by atoms with Gasteiger partial charge < -0.3 is 9.15 Å². The lowest BCUT2D eigenvalue weighted by molar-refractivity contribution is -0.140. The summed E-state index contributed by atoms with van der Waals surface area (Å²) in [5.41, 5.74) is 0.821. The third-order valence-corrected chi connectivity index (χ3v) is 8.90. The third kappa shape index (κ3) is 4.65. The van der Waals surface area contributed by atoms with Crippen molar-refractivity contribution in [2.24, 2.45) is 5.92 Å². The molecule has 9 heteroatoms. The van der Waals surface area contributed by atoms with Crippen LogP contribution in [0.1, 0.15) is 36.6 Å². The van der Waals surface area contributed by atoms with Crippen molar-refractivity contribution in [1.82, 2.24) is 4.31 Å². The zero-order valence-corrected chi connectivity index (χ0v) is 19.6. The van der Waals surface area contributed by atoms with Crippen LogP contribution in [0, 0.1) is 12.8 Å². The van der Waals surface area contributed by atoms with Gasteiger partial charge in [-0.2, -0.15) is 4.31 Å². The van der Waals surface area contributed by atoms with E-state index in [1.807, 2.05) is 13.8 Å². The van der Waals surface area contributed by atoms with Gasteiger partial charge in [0.25, 0.3) is 10.0 Å². The average Bonchev–Trinajstić information content (AvgIpc) is 3.21. The number of aryl methyl sites for hydroxylation is 2. The Morgan fingerprint density at radius 1 is 1.25 bits per heavy atom. The first-order valence-electron chi connectivity index (χ1n) is 10.6. The predicted octanol–water partition coefficient (Wildman–Crippen LogP) is 4.12. The largest absolute Gasteiger partial charge is 0.426 e. The number of benzene rings is 1. The second kappa shape index (κ2) is 9.17. The highest BCUT2D eigenvalue weighted by atomic mass is 32.2. The number of hydrogen-bond donors (Lipinski definition) is 0. The molecule has 170 valence electrons. The highest BCUT2D eigenvalue weighted by Crippen LogP contribution is 2.29. The van der Waals surface area contributed by atoms with E-state index in [1.165, 1.54) is 21.7 Å². The smallest absolute Gasteiger partial charge is 0.336 e. The number of fused-ring (bicyclic) bond motifs is 1. The van der Waals surface area contributed by atoms with E-state index in [0.717, 1.165) is 28.7 Å². The number of hydrogen-bond acceptors (Lipinski definition) is 7. The van der Waals surface area contributed by atoms with Gasteiger partial charge in [0.1, 0.15) is 15.5 Å². The van der Waals surface area contributed by atoms with Gasteiger partial charge in [0, 0.05) is 35.5 Å². The Bertz CT molecular complexity index is 1310. The Kier molecular flexibility index (Phi) is 6.50. The Labute approximate surface area is 190 Å². The van der Waals surface area contributed by atoms with Crippen molar-refractivity contribution in [3.8, 4) is 5.75 Å². The fraction of sp³-hybridized carbons (Fsp3) is 0.391. The molecular formula is C23H25NO6S2. The first-order valence-corrected chi connectivity index (χ1v) is 12.9. The lowest BCUT2D eigenvalue weighted by Crippen LogP contribution is -2.43. The standard InChI is InChI=1S/C23H25NO6S2/c1-3-5-16-12-21(25)30-20-13-18(8-9-19(16)20)29-23(26)17-6-4-11-24(14-17)32(27,28)22-10-7-15(2)31-22/h7-10,12-13,17H,3-6,11,14H2,1-2H3/t17-/m0/s1. The number of piperidine rings is 1. The number of carbonyl (C=O) groups excluding carboxylic acids is 1. The molecule has 0 N–H and O–H groups in total. The molecule has 32 heavy (non-hydrogen) atoms. The number of sulfonamides is 1. The molecule has 1 fully saturated rings. The molecule has 0 amide bonds. The number of carbonyl (C=O) groups is 1. The first-order chi connectivity index (χ1) is 15.3. The maximum Gasteiger partial charge on any atom is 0.336 e. The summed E-state index contributed by atoms with van der Waals surface area (Å²) in [6.07, 6.45) is 2.77. The van der Waals surface area contributed by atoms with Gasteiger partial charge in [0.05, 0.1) is 5.92 Å². The summed E-state index contributed by atoms with van der Waals surface area (Å²) in [6, 6.07) is 9.86. The maximum atomic E-state index is 12.9. The summed E-state index contributed by atoms with van der Waals surface area (Å²) >= 11 is 1.23. The summed E-state index contributed by atoms with van der Waals surface area (Å²) < 4.78 is 38.4. The van der Waals surface area contributed by atoms with Crippen LogP contribution in [0.3, 0.4) is 0 Å². The molecule has 0 saturated carbocycles. The Hall–Kier alpha value is -2.49. The Morgan fingerprint density at radius 2 is 2.06 bits per heavy atom. The summed E-state index contributed by atoms with van der Waals surface area (Å²) in [5, 5.41) is 0.812. The van der Waals surface area contributed by atoms with Crippen molar-refractivity contribution in [2.45, 2.75) is 43.7 Å². The minimum atomic E-state index is -3.63. The summed E-state index contributed by atoms with van der Waals surface area (Å²) in [4.78, 5) is 25.6. The fourth-order valence-corrected chi connectivity index (χ4v) is 6.94. The molecule has 1 aliphatic rings. The van der Waals surface area contributed by atoms with Crippen LogP contribution < -0.4 is 10.4 Å². The molecule has 4 rings (SSSR count). The molecular weight excluding hydrogens is 450 g/mol. The molecule has 0 radical (unpaired) electrons. The number of ether oxygens (including phenoxy) is 1. The highest BCUT2D eigenvalue weighted by Gasteiger charge is 2.35. The van der Waals surface area contributed by atoms with Crippen LogP contribution in [0.5, 0.6) is 5.75 Å². The van der Waals surface area contributed by atoms with Crippen molar-refractivity contribution < 1.29 is 22.4 Å². The van der Waals surface area contributed by atoms with Crippen molar-refractivity contribution in [2.75, 3.05) is 13.1 Å². The van der Waals surface area contributed by atoms with Crippen LogP contribution in [0.2, 0.25) is 0 Å². The summed E-state index contributed by atoms with van der Waals surface area (Å²) in [5.74, 6) is -0.777. The van der Waals surface area contributed by atoms with Crippen molar-refractivity contribution >= 4 is 38.3 Å². The van der Waals surface area contributed by atoms with Gasteiger partial charge in [-0.25, -0.2) is 13.2 Å². The maximum absolute atomic E-state index is 12.9. The zero-order valence-electron chi connectivity index (χ0n) is 18.0. The average molecular weight is 476 g/mol. The quantitative estimate of drug-likeness (QED) is 0.302. The fourth-order valence-electron chi connectivity index (χ4n) is 3.98. The van der Waals surface area contributed by atoms with Crippen LogP contribution >= 0.6 is 11.3 Å². The predicted molar refractivity (Wildman–Crippen MR) is 123 cm³/mol. The molecule has 2 aromatic heterocycles. The van der Waals surface area contributed by atoms with E-state index in [-0.39, 0.29) is 16.5 Å². The molecule has 7 nitrogen and oxygen atoms in total. The third-order valence-electron chi connectivity index (χ3n) is 5.57. The lowest BCUT2D eigenvalue weighted by Gasteiger charge is -2.30. The molecule has 0 aliphatic carbocycles. The van der Waals surface area contributed by atoms with Gasteiger partial charge in [0.2, 0.25) is 0 Å². The zero-order chi connectivity index (χ0) is 22.9. The molecule has 1 atom stereocenters. The van der Waals surface area contributed by atoms with Gasteiger partial charge >= 0.3 is 11.6 Å². The summed E-state index contributed by atoms with van der Waals surface area (Å²) in [7, 11) is -3.63. The SMILES string of the molecule is CCCc1cc(=O)oc2cc(OC(=O)[C@H]3CCCN(S(=O)(=O)c4ccc(C)s4)C3)ccc12. The van der Waals surface area contributed by atoms with E-state index in [1.54, 1.807) is 30.3 Å². The van der Waals surface area contributed by atoms with Crippen LogP contribution in [0.4, 0.5) is 0 Å². The van der Waals surface area contributed by atoms with Crippen molar-refractivity contribution in [1.29, 1.82) is 0 Å². The highest BCUT2D eigenvalue weighted by molar-refractivity contribution is 7.91. The lowest BCUT2D eigenvalue weighted by atomic mass is 10.00. The first kappa shape index (κ1) is 22.7. The van der Waals surface area contributed by atoms with E-state index in [2.05, 4.69) is 0 Å². The molecule has 0 spiro atoms. The van der Waals surface area contributed by atoms with Crippen LogP contribution in [0.15, 0.2) is 49.8 Å². The summed E-state index contributed by atoms with van der Waals surface area (Å²) in [6.45, 7) is 4.35. The Morgan fingerprint density at radius 3 is 2.78 bits per heavy atom. The number of esters is 1. The van der Waals surface area contributed by atoms with Crippen LogP contribution in [0.25, 0.3) is 11.0 Å². The topological polar surface area (TPSA) is 93.9 Å². The number of thiophene rings is 1. The minimum Gasteiger partial charge on any atom is -0.426 e. The Balaban J connectivity index is 1.51. The van der Waals surface area contributed by atoms with Gasteiger partial charge in [0.15, 0.2) is 0 Å². The van der Waals surface area contributed by atoms with E-state index in [0.29, 0.717) is 25.0 Å². The van der Waals surface area contributed by atoms with Crippen molar-refractivity contribution in [3.63, 3.8) is 0 Å².